The van der Waals surface area contributed by atoms with Gasteiger partial charge in [-0.05, 0) is 42.9 Å². The number of benzene rings is 1. The van der Waals surface area contributed by atoms with Gasteiger partial charge in [-0.15, -0.1) is 0 Å². The van der Waals surface area contributed by atoms with Crippen molar-refractivity contribution >= 4 is 26.9 Å². The van der Waals surface area contributed by atoms with Gasteiger partial charge in [-0.2, -0.15) is 0 Å². The molecule has 1 saturated carbocycles. The second-order valence-electron chi connectivity index (χ2n) is 8.39. The van der Waals surface area contributed by atoms with Crippen molar-refractivity contribution in [1.82, 2.24) is 14.5 Å². The zero-order chi connectivity index (χ0) is 21.6. The van der Waals surface area contributed by atoms with E-state index in [9.17, 15) is 13.5 Å². The number of nitrogens with two attached hydrogens (primary N) is 1. The number of rotatable bonds is 5. The van der Waals surface area contributed by atoms with Crippen molar-refractivity contribution in [2.24, 2.45) is 11.1 Å². The number of aliphatic hydroxyl groups excluding tert-OH is 1. The maximum Gasteiger partial charge on any atom is 0.230 e. The van der Waals surface area contributed by atoms with Crippen LogP contribution in [0.3, 0.4) is 0 Å². The number of aryl methyl sites for hydroxylation is 1. The molecular weight excluding hydrogens is 414 g/mol. The molecule has 2 aliphatic rings. The first kappa shape index (κ1) is 20.2. The summed E-state index contributed by atoms with van der Waals surface area (Å²) >= 11 is 0. The lowest BCUT2D eigenvalue weighted by atomic mass is 10.1. The van der Waals surface area contributed by atoms with Crippen LogP contribution in [0.1, 0.15) is 42.5 Å². The number of nitrogens with zero attached hydrogens (tertiary/aromatic N) is 3. The topological polar surface area (TPSA) is 123 Å². The Morgan fingerprint density at radius 3 is 2.87 bits per heavy atom. The molecule has 3 aromatic rings. The number of hydrogen-bond donors (Lipinski definition) is 3. The smallest absolute Gasteiger partial charge is 0.230 e. The van der Waals surface area contributed by atoms with Crippen molar-refractivity contribution in [3.8, 4) is 0 Å². The maximum absolute atomic E-state index is 11.2. The fourth-order valence-corrected chi connectivity index (χ4v) is 5.34. The average molecular weight is 440 g/mol. The summed E-state index contributed by atoms with van der Waals surface area (Å²) in [7, 11) is -3.71. The van der Waals surface area contributed by atoms with E-state index in [0.29, 0.717) is 12.8 Å². The van der Waals surface area contributed by atoms with E-state index < -0.39 is 16.1 Å². The van der Waals surface area contributed by atoms with E-state index in [2.05, 4.69) is 44.1 Å². The summed E-state index contributed by atoms with van der Waals surface area (Å²) in [5.41, 5.74) is 3.50. The zero-order valence-electron chi connectivity index (χ0n) is 16.9. The Morgan fingerprint density at radius 1 is 1.19 bits per heavy atom. The van der Waals surface area contributed by atoms with Crippen molar-refractivity contribution in [2.45, 2.75) is 43.9 Å². The number of primary sulfonamides is 1. The molecule has 2 heterocycles. The first-order valence-corrected chi connectivity index (χ1v) is 12.0. The van der Waals surface area contributed by atoms with Crippen LogP contribution in [-0.2, 0) is 16.4 Å². The second-order valence-corrected chi connectivity index (χ2v) is 9.84. The Hall–Kier alpha value is -2.75. The monoisotopic (exact) mass is 439 g/mol. The highest BCUT2D eigenvalue weighted by Gasteiger charge is 2.33. The van der Waals surface area contributed by atoms with Gasteiger partial charge in [0.25, 0.3) is 0 Å². The first-order chi connectivity index (χ1) is 14.9. The van der Waals surface area contributed by atoms with Crippen LogP contribution in [0, 0.1) is 5.92 Å². The Labute approximate surface area is 180 Å². The minimum atomic E-state index is -3.71. The molecule has 0 saturated heterocycles. The summed E-state index contributed by atoms with van der Waals surface area (Å²) in [4.78, 5) is 8.99. The van der Waals surface area contributed by atoms with Crippen LogP contribution in [0.4, 0.5) is 5.82 Å². The molecule has 0 amide bonds. The van der Waals surface area contributed by atoms with E-state index in [-0.39, 0.29) is 18.0 Å². The molecule has 0 bridgehead atoms. The van der Waals surface area contributed by atoms with Crippen LogP contribution in [0.25, 0.3) is 11.0 Å². The van der Waals surface area contributed by atoms with Crippen molar-refractivity contribution in [3.05, 3.63) is 65.5 Å². The van der Waals surface area contributed by atoms with Crippen LogP contribution in [0.2, 0.25) is 0 Å². The number of fused-ring (bicyclic) bond motifs is 2. The van der Waals surface area contributed by atoms with E-state index in [1.54, 1.807) is 6.33 Å². The van der Waals surface area contributed by atoms with Gasteiger partial charge in [-0.25, -0.2) is 23.5 Å². The summed E-state index contributed by atoms with van der Waals surface area (Å²) < 4.78 is 24.5. The quantitative estimate of drug-likeness (QED) is 0.562. The van der Waals surface area contributed by atoms with E-state index in [1.807, 2.05) is 12.3 Å². The van der Waals surface area contributed by atoms with E-state index in [0.717, 1.165) is 35.1 Å². The molecule has 4 atom stereocenters. The van der Waals surface area contributed by atoms with Crippen LogP contribution in [0.5, 0.6) is 0 Å². The third-order valence-corrected chi connectivity index (χ3v) is 6.95. The molecule has 5 rings (SSSR count). The van der Waals surface area contributed by atoms with Gasteiger partial charge < -0.3 is 15.0 Å². The van der Waals surface area contributed by atoms with Gasteiger partial charge in [0.2, 0.25) is 10.0 Å². The minimum absolute atomic E-state index is 0.0117. The van der Waals surface area contributed by atoms with Gasteiger partial charge in [0.1, 0.15) is 17.8 Å². The summed E-state index contributed by atoms with van der Waals surface area (Å²) in [6.07, 6.45) is 7.60. The Kier molecular flexibility index (Phi) is 5.04. The van der Waals surface area contributed by atoms with Crippen molar-refractivity contribution in [3.63, 3.8) is 0 Å². The molecule has 162 valence electrons. The highest BCUT2D eigenvalue weighted by Crippen LogP contribution is 2.39. The lowest BCUT2D eigenvalue weighted by Crippen LogP contribution is -2.12. The molecule has 31 heavy (non-hydrogen) atoms. The fraction of sp³-hybridized carbons (Fsp3) is 0.364. The lowest BCUT2D eigenvalue weighted by Gasteiger charge is -2.16. The van der Waals surface area contributed by atoms with E-state index >= 15 is 0 Å². The number of hydrogen-bond acceptors (Lipinski definition) is 6. The van der Waals surface area contributed by atoms with Gasteiger partial charge >= 0.3 is 0 Å². The van der Waals surface area contributed by atoms with Crippen LogP contribution < -0.4 is 10.5 Å². The van der Waals surface area contributed by atoms with E-state index in [1.165, 1.54) is 17.2 Å². The standard InChI is InChI=1S/C22H25N5O3S/c23-31(29,30)10-8-15-11-16(12-20(15)28)27-9-7-18-21(24-13-25-22(18)27)26-19-6-5-14-3-1-2-4-17(14)19/h1-4,7-10,13,15-16,19-20,28H,5-6,11-12H2,(H2,23,29,30)(H,24,25,26)/t15-,16-,19+,20+/m1/s1. The summed E-state index contributed by atoms with van der Waals surface area (Å²) in [5.74, 6) is 0.532. The van der Waals surface area contributed by atoms with Crippen LogP contribution in [0.15, 0.2) is 54.3 Å². The Bertz CT molecular complexity index is 1250. The number of aromatic nitrogens is 3. The van der Waals surface area contributed by atoms with Crippen LogP contribution >= 0.6 is 0 Å². The van der Waals surface area contributed by atoms with Gasteiger partial charge in [-0.1, -0.05) is 30.3 Å². The summed E-state index contributed by atoms with van der Waals surface area (Å²) in [5, 5.41) is 21.0. The molecular formula is C22H25N5O3S. The van der Waals surface area contributed by atoms with Crippen LogP contribution in [-0.4, -0.2) is 34.2 Å². The van der Waals surface area contributed by atoms with Gasteiger partial charge in [0.05, 0.1) is 17.5 Å². The molecule has 0 unspecified atom stereocenters. The summed E-state index contributed by atoms with van der Waals surface area (Å²) in [6, 6.07) is 10.7. The van der Waals surface area contributed by atoms with Crippen molar-refractivity contribution in [2.75, 3.05) is 5.32 Å². The molecule has 9 heteroatoms. The molecule has 2 aliphatic carbocycles. The van der Waals surface area contributed by atoms with Gasteiger partial charge in [0, 0.05) is 23.6 Å². The van der Waals surface area contributed by atoms with Gasteiger partial charge in [0.15, 0.2) is 0 Å². The Balaban J connectivity index is 1.40. The number of anilines is 1. The predicted molar refractivity (Wildman–Crippen MR) is 119 cm³/mol. The third-order valence-electron chi connectivity index (χ3n) is 6.41. The summed E-state index contributed by atoms with van der Waals surface area (Å²) in [6.45, 7) is 0. The molecule has 1 aromatic carbocycles. The number of nitrogens with one attached hydrogen (secondary N) is 1. The molecule has 4 N–H and O–H groups in total. The predicted octanol–water partition coefficient (Wildman–Crippen LogP) is 2.64. The highest BCUT2D eigenvalue weighted by molar-refractivity contribution is 7.92. The van der Waals surface area contributed by atoms with Crippen molar-refractivity contribution in [1.29, 1.82) is 0 Å². The van der Waals surface area contributed by atoms with Gasteiger partial charge in [-0.3, -0.25) is 0 Å². The molecule has 0 radical (unpaired) electrons. The molecule has 0 spiro atoms. The highest BCUT2D eigenvalue weighted by atomic mass is 32.2. The fourth-order valence-electron chi connectivity index (χ4n) is 4.92. The molecule has 2 aromatic heterocycles. The lowest BCUT2D eigenvalue weighted by molar-refractivity contribution is 0.151. The van der Waals surface area contributed by atoms with Crippen molar-refractivity contribution < 1.29 is 13.5 Å². The molecule has 1 fully saturated rings. The number of aliphatic hydroxyl groups is 1. The SMILES string of the molecule is NS(=O)(=O)C=C[C@@H]1C[C@@H](n2ccc3c(N[C@H]4CCc5ccccc54)ncnc32)C[C@@H]1O. The second kappa shape index (κ2) is 7.74. The maximum atomic E-state index is 11.2. The zero-order valence-corrected chi connectivity index (χ0v) is 17.7. The first-order valence-electron chi connectivity index (χ1n) is 10.4. The Morgan fingerprint density at radius 2 is 2.03 bits per heavy atom. The third kappa shape index (κ3) is 3.96. The minimum Gasteiger partial charge on any atom is -0.392 e. The van der Waals surface area contributed by atoms with E-state index in [4.69, 9.17) is 5.14 Å². The average Bonchev–Trinajstić information content (AvgIpc) is 3.43. The normalized spacial score (nSPS) is 26.0. The molecule has 8 nitrogen and oxygen atoms in total. The molecule has 0 aliphatic heterocycles. The largest absolute Gasteiger partial charge is 0.392 e. The number of sulfonamides is 1.